The van der Waals surface area contributed by atoms with Crippen molar-refractivity contribution in [2.75, 3.05) is 19.6 Å². The van der Waals surface area contributed by atoms with Gasteiger partial charge in [-0.25, -0.2) is 8.78 Å². The standard InChI is InChI=1S/C21H30F2N2O2/c1-3-25(4-2)19(27)12-8-11-18(26)24-15-21(13-5-6-14-21)20-16(22)9-7-10-17(20)23/h7,9-10H,3-6,8,11-15H2,1-2H3,(H,24,26). The Morgan fingerprint density at radius 3 is 2.22 bits per heavy atom. The smallest absolute Gasteiger partial charge is 0.222 e. The first kappa shape index (κ1) is 21.3. The third kappa shape index (κ3) is 5.27. The third-order valence-corrected chi connectivity index (χ3v) is 5.59. The van der Waals surface area contributed by atoms with Crippen molar-refractivity contribution in [3.63, 3.8) is 0 Å². The molecule has 0 aliphatic heterocycles. The highest BCUT2D eigenvalue weighted by atomic mass is 19.1. The second-order valence-corrected chi connectivity index (χ2v) is 7.28. The van der Waals surface area contributed by atoms with E-state index in [1.165, 1.54) is 18.2 Å². The number of halogens is 2. The molecule has 0 bridgehead atoms. The van der Waals surface area contributed by atoms with Crippen molar-refractivity contribution in [3.8, 4) is 0 Å². The van der Waals surface area contributed by atoms with E-state index in [1.54, 1.807) is 4.90 Å². The molecule has 0 radical (unpaired) electrons. The van der Waals surface area contributed by atoms with Gasteiger partial charge in [-0.2, -0.15) is 0 Å². The number of hydrogen-bond acceptors (Lipinski definition) is 2. The van der Waals surface area contributed by atoms with Gasteiger partial charge in [0, 0.05) is 43.5 Å². The maximum Gasteiger partial charge on any atom is 0.222 e. The summed E-state index contributed by atoms with van der Waals surface area (Å²) in [6.45, 7) is 5.41. The van der Waals surface area contributed by atoms with Crippen molar-refractivity contribution in [2.45, 2.75) is 64.2 Å². The quantitative estimate of drug-likeness (QED) is 0.706. The van der Waals surface area contributed by atoms with E-state index in [2.05, 4.69) is 5.32 Å². The molecule has 0 saturated heterocycles. The molecule has 1 N–H and O–H groups in total. The number of nitrogens with zero attached hydrogens (tertiary/aromatic N) is 1. The first-order chi connectivity index (χ1) is 12.9. The SMILES string of the molecule is CCN(CC)C(=O)CCCC(=O)NCC1(c2c(F)cccc2F)CCCC1. The molecule has 150 valence electrons. The number of carbonyl (C=O) groups is 2. The van der Waals surface area contributed by atoms with Gasteiger partial charge in [0.1, 0.15) is 11.6 Å². The molecule has 1 aliphatic carbocycles. The molecular formula is C21H30F2N2O2. The molecule has 27 heavy (non-hydrogen) atoms. The Labute approximate surface area is 160 Å². The predicted molar refractivity (Wildman–Crippen MR) is 101 cm³/mol. The maximum atomic E-state index is 14.3. The highest BCUT2D eigenvalue weighted by Crippen LogP contribution is 2.42. The lowest BCUT2D eigenvalue weighted by Gasteiger charge is -2.30. The Balaban J connectivity index is 1.91. The Morgan fingerprint density at radius 1 is 1.07 bits per heavy atom. The Bertz CT molecular complexity index is 633. The summed E-state index contributed by atoms with van der Waals surface area (Å²) in [5.41, 5.74) is -0.582. The summed E-state index contributed by atoms with van der Waals surface area (Å²) in [6.07, 6.45) is 4.15. The summed E-state index contributed by atoms with van der Waals surface area (Å²) >= 11 is 0. The van der Waals surface area contributed by atoms with Crippen LogP contribution in [-0.4, -0.2) is 36.3 Å². The van der Waals surface area contributed by atoms with E-state index in [4.69, 9.17) is 0 Å². The lowest BCUT2D eigenvalue weighted by Crippen LogP contribution is -2.40. The van der Waals surface area contributed by atoms with E-state index in [0.717, 1.165) is 12.8 Å². The molecule has 0 unspecified atom stereocenters. The van der Waals surface area contributed by atoms with E-state index >= 15 is 0 Å². The molecule has 4 nitrogen and oxygen atoms in total. The molecule has 1 aromatic rings. The molecule has 1 saturated carbocycles. The lowest BCUT2D eigenvalue weighted by molar-refractivity contribution is -0.131. The monoisotopic (exact) mass is 380 g/mol. The minimum Gasteiger partial charge on any atom is -0.355 e. The first-order valence-electron chi connectivity index (χ1n) is 9.92. The number of rotatable bonds is 9. The van der Waals surface area contributed by atoms with E-state index in [-0.39, 0.29) is 30.3 Å². The van der Waals surface area contributed by atoms with Gasteiger partial charge in [0.15, 0.2) is 0 Å². The van der Waals surface area contributed by atoms with Crippen LogP contribution in [0.15, 0.2) is 18.2 Å². The van der Waals surface area contributed by atoms with Crippen LogP contribution in [0.2, 0.25) is 0 Å². The molecular weight excluding hydrogens is 350 g/mol. The van der Waals surface area contributed by atoms with Crippen molar-refractivity contribution in [1.29, 1.82) is 0 Å². The predicted octanol–water partition coefficient (Wildman–Crippen LogP) is 3.93. The van der Waals surface area contributed by atoms with Gasteiger partial charge < -0.3 is 10.2 Å². The zero-order valence-corrected chi connectivity index (χ0v) is 16.3. The number of benzene rings is 1. The van der Waals surface area contributed by atoms with Gasteiger partial charge in [-0.1, -0.05) is 18.9 Å². The second kappa shape index (κ2) is 9.81. The number of carbonyl (C=O) groups excluding carboxylic acids is 2. The van der Waals surface area contributed by atoms with Crippen LogP contribution in [0.3, 0.4) is 0 Å². The van der Waals surface area contributed by atoms with Gasteiger partial charge in [-0.05, 0) is 45.2 Å². The molecule has 6 heteroatoms. The van der Waals surface area contributed by atoms with Crippen molar-refractivity contribution in [2.24, 2.45) is 0 Å². The molecule has 0 spiro atoms. The van der Waals surface area contributed by atoms with Gasteiger partial charge in [0.2, 0.25) is 11.8 Å². The van der Waals surface area contributed by atoms with Crippen LogP contribution in [-0.2, 0) is 15.0 Å². The summed E-state index contributed by atoms with van der Waals surface area (Å²) in [6, 6.07) is 3.92. The Kier molecular flexibility index (Phi) is 7.75. The zero-order chi connectivity index (χ0) is 19.9. The van der Waals surface area contributed by atoms with Crippen LogP contribution >= 0.6 is 0 Å². The van der Waals surface area contributed by atoms with Gasteiger partial charge in [0.05, 0.1) is 0 Å². The van der Waals surface area contributed by atoms with Crippen LogP contribution < -0.4 is 5.32 Å². The molecule has 2 rings (SSSR count). The van der Waals surface area contributed by atoms with Gasteiger partial charge >= 0.3 is 0 Å². The van der Waals surface area contributed by atoms with Crippen LogP contribution in [0, 0.1) is 11.6 Å². The summed E-state index contributed by atoms with van der Waals surface area (Å²) in [7, 11) is 0. The summed E-state index contributed by atoms with van der Waals surface area (Å²) in [5.74, 6) is -1.22. The van der Waals surface area contributed by atoms with E-state index in [1.807, 2.05) is 13.8 Å². The van der Waals surface area contributed by atoms with Crippen molar-refractivity contribution in [1.82, 2.24) is 10.2 Å². The zero-order valence-electron chi connectivity index (χ0n) is 16.3. The molecule has 0 atom stereocenters. The normalized spacial score (nSPS) is 15.6. The van der Waals surface area contributed by atoms with Crippen molar-refractivity contribution >= 4 is 11.8 Å². The van der Waals surface area contributed by atoms with Gasteiger partial charge in [-0.15, -0.1) is 0 Å². The Morgan fingerprint density at radius 2 is 1.67 bits per heavy atom. The van der Waals surface area contributed by atoms with E-state index in [0.29, 0.717) is 38.8 Å². The topological polar surface area (TPSA) is 49.4 Å². The molecule has 0 heterocycles. The second-order valence-electron chi connectivity index (χ2n) is 7.28. The number of amides is 2. The average molecular weight is 380 g/mol. The minimum absolute atomic E-state index is 0.0495. The summed E-state index contributed by atoms with van der Waals surface area (Å²) < 4.78 is 28.6. The van der Waals surface area contributed by atoms with Crippen molar-refractivity contribution in [3.05, 3.63) is 35.4 Å². The fraction of sp³-hybridized carbons (Fsp3) is 0.619. The highest BCUT2D eigenvalue weighted by molar-refractivity contribution is 5.79. The maximum absolute atomic E-state index is 14.3. The average Bonchev–Trinajstić information content (AvgIpc) is 3.10. The summed E-state index contributed by atoms with van der Waals surface area (Å²) in [4.78, 5) is 25.9. The lowest BCUT2D eigenvalue weighted by atomic mass is 9.78. The Hall–Kier alpha value is -1.98. The summed E-state index contributed by atoms with van der Waals surface area (Å²) in [5, 5.41) is 2.85. The number of hydrogen-bond donors (Lipinski definition) is 1. The molecule has 2 amide bonds. The number of nitrogens with one attached hydrogen (secondary N) is 1. The fourth-order valence-corrected chi connectivity index (χ4v) is 4.06. The van der Waals surface area contributed by atoms with Gasteiger partial charge in [-0.3, -0.25) is 9.59 Å². The van der Waals surface area contributed by atoms with Crippen LogP contribution in [0.25, 0.3) is 0 Å². The van der Waals surface area contributed by atoms with Crippen LogP contribution in [0.4, 0.5) is 8.78 Å². The molecule has 1 aliphatic rings. The molecule has 1 fully saturated rings. The van der Waals surface area contributed by atoms with Crippen LogP contribution in [0.5, 0.6) is 0 Å². The van der Waals surface area contributed by atoms with E-state index in [9.17, 15) is 18.4 Å². The highest BCUT2D eigenvalue weighted by Gasteiger charge is 2.40. The van der Waals surface area contributed by atoms with Crippen LogP contribution in [0.1, 0.15) is 64.4 Å². The largest absolute Gasteiger partial charge is 0.355 e. The molecule has 0 aromatic heterocycles. The van der Waals surface area contributed by atoms with Gasteiger partial charge in [0.25, 0.3) is 0 Å². The van der Waals surface area contributed by atoms with E-state index < -0.39 is 17.0 Å². The molecule has 1 aromatic carbocycles. The third-order valence-electron chi connectivity index (χ3n) is 5.59. The fourth-order valence-electron chi connectivity index (χ4n) is 4.06. The first-order valence-corrected chi connectivity index (χ1v) is 9.92. The minimum atomic E-state index is -0.678. The van der Waals surface area contributed by atoms with Crippen molar-refractivity contribution < 1.29 is 18.4 Å².